The molecule has 0 heterocycles. The molecular weight excluding hydrogens is 321 g/mol. The number of phosphoric acid groups is 1. The van der Waals surface area contributed by atoms with Crippen molar-refractivity contribution in [2.75, 3.05) is 5.73 Å². The van der Waals surface area contributed by atoms with E-state index in [1.807, 2.05) is 30.3 Å². The molecule has 0 bridgehead atoms. The summed E-state index contributed by atoms with van der Waals surface area (Å²) in [6.07, 6.45) is 0. The second-order valence-corrected chi connectivity index (χ2v) is 4.46. The molecule has 0 aliphatic carbocycles. The molecule has 0 aliphatic heterocycles. The van der Waals surface area contributed by atoms with Gasteiger partial charge in [-0.1, -0.05) is 22.5 Å². The van der Waals surface area contributed by atoms with Crippen LogP contribution in [0.4, 0.5) is 5.69 Å². The van der Waals surface area contributed by atoms with Crippen molar-refractivity contribution in [3.05, 3.63) is 30.3 Å². The summed E-state index contributed by atoms with van der Waals surface area (Å²) in [5, 5.41) is 7.06. The monoisotopic (exact) mass is 339 g/mol. The molecule has 13 N–H and O–H groups in total. The number of para-hydroxylation sites is 1. The molecule has 0 saturated heterocycles. The summed E-state index contributed by atoms with van der Waals surface area (Å²) in [6.45, 7) is 0. The molecule has 0 aliphatic rings. The Morgan fingerprint density at radius 1 is 1.05 bits per heavy atom. The van der Waals surface area contributed by atoms with Crippen LogP contribution in [0.25, 0.3) is 0 Å². The van der Waals surface area contributed by atoms with Crippen molar-refractivity contribution in [2.24, 2.45) is 0 Å². The molecule has 0 saturated carbocycles. The van der Waals surface area contributed by atoms with Gasteiger partial charge in [0.05, 0.1) is 0 Å². The number of rotatable bonds is 1. The van der Waals surface area contributed by atoms with Crippen molar-refractivity contribution < 1.29 is 41.8 Å². The topological polar surface area (TPSA) is 258 Å². The second-order valence-electron chi connectivity index (χ2n) is 2.43. The number of benzene rings is 1. The average molecular weight is 339 g/mol. The Kier molecular flexibility index (Phi) is 17.6. The minimum Gasteiger partial charge on any atom is -0.399 e. The third-order valence-corrected chi connectivity index (χ3v) is 1.08. The minimum atomic E-state index is -4.64. The Balaban J connectivity index is -0.0000000930. The zero-order chi connectivity index (χ0) is 14.8. The van der Waals surface area contributed by atoms with Crippen LogP contribution in [0.3, 0.4) is 0 Å². The molecule has 0 radical (unpaired) electrons. The van der Waals surface area contributed by atoms with Gasteiger partial charge >= 0.3 is 18.2 Å². The Morgan fingerprint density at radius 2 is 1.30 bits per heavy atom. The van der Waals surface area contributed by atoms with Crippen LogP contribution in [-0.2, 0) is 19.3 Å². The summed E-state index contributed by atoms with van der Waals surface area (Å²) in [7, 11) is -9.25. The molecule has 0 atom stereocenters. The van der Waals surface area contributed by atoms with E-state index in [2.05, 4.69) is 4.33 Å². The van der Waals surface area contributed by atoms with Crippen molar-refractivity contribution >= 4 is 23.9 Å². The van der Waals surface area contributed by atoms with Gasteiger partial charge < -0.3 is 32.7 Å². The van der Waals surface area contributed by atoms with Crippen molar-refractivity contribution in [1.29, 1.82) is 0 Å². The van der Waals surface area contributed by atoms with Gasteiger partial charge in [0.15, 0.2) is 0 Å². The zero-order valence-corrected chi connectivity index (χ0v) is 11.8. The average Bonchev–Trinajstić information content (AvgIpc) is 2.16. The molecule has 20 heavy (non-hydrogen) atoms. The number of hydrogen-bond acceptors (Lipinski definition) is 8. The Hall–Kier alpha value is -1.12. The van der Waals surface area contributed by atoms with Gasteiger partial charge in [-0.15, -0.1) is 0 Å². The first kappa shape index (κ1) is 27.3. The van der Waals surface area contributed by atoms with E-state index >= 15 is 0 Å². The summed E-state index contributed by atoms with van der Waals surface area (Å²) in [5.74, 6) is 0. The number of nitrogens with two attached hydrogens (primary N) is 1. The fraction of sp³-hybridized carbons (Fsp3) is 0. The maximum absolute atomic E-state index is 9.08. The van der Waals surface area contributed by atoms with E-state index in [9.17, 15) is 0 Å². The summed E-state index contributed by atoms with van der Waals surface area (Å²) < 4.78 is 36.8. The molecule has 0 unspecified atom stereocenters. The van der Waals surface area contributed by atoms with Crippen LogP contribution in [0.5, 0.6) is 0 Å². The largest absolute Gasteiger partial charge is 0.466 e. The first-order valence-corrected chi connectivity index (χ1v) is 6.78. The maximum Gasteiger partial charge on any atom is 0.466 e. The molecular formula is C6H18N3O9PS. The van der Waals surface area contributed by atoms with Gasteiger partial charge in [0, 0.05) is 5.69 Å². The summed E-state index contributed by atoms with van der Waals surface area (Å²) in [5.41, 5.74) is 6.18. The quantitative estimate of drug-likeness (QED) is 0.110. The Morgan fingerprint density at radius 3 is 1.40 bits per heavy atom. The summed E-state index contributed by atoms with van der Waals surface area (Å²) in [4.78, 5) is 21.6. The number of hydrogen-bond donors (Lipinski definition) is 8. The molecule has 12 nitrogen and oxygen atoms in total. The maximum atomic E-state index is 9.08. The van der Waals surface area contributed by atoms with Gasteiger partial charge in [-0.3, -0.25) is 4.55 Å². The normalized spacial score (nSPS) is 9.45. The molecule has 122 valence electrons. The van der Waals surface area contributed by atoms with E-state index in [0.717, 1.165) is 5.69 Å². The zero-order valence-electron chi connectivity index (χ0n) is 10.1. The van der Waals surface area contributed by atoms with Crippen molar-refractivity contribution in [3.63, 3.8) is 0 Å². The first-order valence-electron chi connectivity index (χ1n) is 3.85. The lowest BCUT2D eigenvalue weighted by atomic mass is 10.3. The molecule has 1 aromatic carbocycles. The standard InChI is InChI=1S/C6H7N.2H3N.H2O5S.H3O4P/c7-6-4-2-1-3-5-6;;;1-5-6(2,3)4;1-5(2,3)4/h1-5H,7H2;2*1H3;1H,(H,2,3,4);(H3,1,2,3,4). The van der Waals surface area contributed by atoms with Gasteiger partial charge in [0.1, 0.15) is 0 Å². The SMILES string of the molecule is N.N.Nc1ccccc1.O=P(O)(O)O.O=S(=O)(O)OO. The first-order chi connectivity index (χ1) is 7.95. The Labute approximate surface area is 115 Å². The van der Waals surface area contributed by atoms with Crippen LogP contribution in [0.15, 0.2) is 30.3 Å². The predicted octanol–water partition coefficient (Wildman–Crippen LogP) is -0.0570. The predicted molar refractivity (Wildman–Crippen MR) is 70.4 cm³/mol. The smallest absolute Gasteiger partial charge is 0.399 e. The van der Waals surface area contributed by atoms with E-state index < -0.39 is 18.2 Å². The number of nitrogen functional groups attached to an aromatic ring is 1. The highest BCUT2D eigenvalue weighted by molar-refractivity contribution is 7.80. The third-order valence-electron chi connectivity index (χ3n) is 0.894. The summed E-state index contributed by atoms with van der Waals surface area (Å²) in [6, 6.07) is 9.49. The van der Waals surface area contributed by atoms with Crippen molar-refractivity contribution in [2.45, 2.75) is 0 Å². The van der Waals surface area contributed by atoms with Gasteiger partial charge in [-0.05, 0) is 12.1 Å². The lowest BCUT2D eigenvalue weighted by Gasteiger charge is -1.83. The van der Waals surface area contributed by atoms with Gasteiger partial charge in [-0.2, -0.15) is 8.42 Å². The molecule has 1 rings (SSSR count). The van der Waals surface area contributed by atoms with Crippen LogP contribution < -0.4 is 18.0 Å². The lowest BCUT2D eigenvalue weighted by Crippen LogP contribution is -1.97. The van der Waals surface area contributed by atoms with E-state index in [-0.39, 0.29) is 12.3 Å². The van der Waals surface area contributed by atoms with E-state index in [0.29, 0.717) is 0 Å². The van der Waals surface area contributed by atoms with E-state index in [1.165, 1.54) is 0 Å². The van der Waals surface area contributed by atoms with Crippen LogP contribution in [0.1, 0.15) is 0 Å². The highest BCUT2D eigenvalue weighted by Gasteiger charge is 2.00. The molecule has 1 aromatic rings. The van der Waals surface area contributed by atoms with Gasteiger partial charge in [-0.25, -0.2) is 9.82 Å². The molecule has 0 aromatic heterocycles. The van der Waals surface area contributed by atoms with E-state index in [4.69, 9.17) is 43.2 Å². The van der Waals surface area contributed by atoms with Crippen molar-refractivity contribution in [1.82, 2.24) is 12.3 Å². The highest BCUT2D eigenvalue weighted by Crippen LogP contribution is 2.25. The van der Waals surface area contributed by atoms with Gasteiger partial charge in [0.2, 0.25) is 0 Å². The van der Waals surface area contributed by atoms with Crippen molar-refractivity contribution in [3.8, 4) is 0 Å². The molecule has 0 amide bonds. The van der Waals surface area contributed by atoms with Crippen LogP contribution >= 0.6 is 7.82 Å². The fourth-order valence-electron chi connectivity index (χ4n) is 0.453. The van der Waals surface area contributed by atoms with Crippen LogP contribution in [0.2, 0.25) is 0 Å². The number of anilines is 1. The summed E-state index contributed by atoms with van der Waals surface area (Å²) >= 11 is 0. The molecule has 14 heteroatoms. The minimum absolute atomic E-state index is 0. The third kappa shape index (κ3) is 43.6. The molecule has 0 spiro atoms. The Bertz CT molecular complexity index is 454. The van der Waals surface area contributed by atoms with Gasteiger partial charge in [0.25, 0.3) is 0 Å². The lowest BCUT2D eigenvalue weighted by molar-refractivity contribution is -0.139. The molecule has 0 fully saturated rings. The van der Waals surface area contributed by atoms with Crippen LogP contribution in [0, 0.1) is 0 Å². The highest BCUT2D eigenvalue weighted by atomic mass is 32.3. The fourth-order valence-corrected chi connectivity index (χ4v) is 0.453. The van der Waals surface area contributed by atoms with Crippen LogP contribution in [-0.4, -0.2) is 32.9 Å². The van der Waals surface area contributed by atoms with E-state index in [1.54, 1.807) is 0 Å². The second kappa shape index (κ2) is 12.9.